The molecule has 0 radical (unpaired) electrons. The number of hydrogen-bond donors (Lipinski definition) is 2. The highest BCUT2D eigenvalue weighted by Gasteiger charge is 2.02. The second-order valence-electron chi connectivity index (χ2n) is 7.93. The number of nitrogens with one attached hydrogen (secondary N) is 2. The first-order chi connectivity index (χ1) is 15.6. The van der Waals surface area contributed by atoms with Crippen LogP contribution in [0.5, 0.6) is 0 Å². The molecular formula is C28H36N2O2. The third-order valence-electron chi connectivity index (χ3n) is 5.13. The van der Waals surface area contributed by atoms with Crippen molar-refractivity contribution in [1.82, 2.24) is 0 Å². The molecule has 0 heterocycles. The van der Waals surface area contributed by atoms with E-state index in [9.17, 15) is 9.59 Å². The van der Waals surface area contributed by atoms with Crippen molar-refractivity contribution in [3.8, 4) is 11.1 Å². The van der Waals surface area contributed by atoms with Crippen molar-refractivity contribution in [1.29, 1.82) is 0 Å². The number of rotatable bonds is 13. The molecule has 0 saturated carbocycles. The Morgan fingerprint density at radius 1 is 0.625 bits per heavy atom. The van der Waals surface area contributed by atoms with E-state index in [1.165, 1.54) is 25.7 Å². The predicted octanol–water partition coefficient (Wildman–Crippen LogP) is 7.50. The fourth-order valence-electron chi connectivity index (χ4n) is 3.26. The lowest BCUT2D eigenvalue weighted by molar-refractivity contribution is -0.112. The van der Waals surface area contributed by atoms with Gasteiger partial charge in [-0.05, 0) is 73.2 Å². The van der Waals surface area contributed by atoms with Crippen molar-refractivity contribution in [2.24, 2.45) is 0 Å². The lowest BCUT2D eigenvalue weighted by Crippen LogP contribution is -2.07. The summed E-state index contributed by atoms with van der Waals surface area (Å²) < 4.78 is 0. The van der Waals surface area contributed by atoms with Crippen LogP contribution in [0.15, 0.2) is 72.8 Å². The molecule has 170 valence electrons. The Bertz CT molecular complexity index is 805. The van der Waals surface area contributed by atoms with Crippen molar-refractivity contribution in [3.05, 3.63) is 72.8 Å². The molecule has 0 unspecified atom stereocenters. The van der Waals surface area contributed by atoms with Gasteiger partial charge in [-0.1, -0.05) is 75.9 Å². The van der Waals surface area contributed by atoms with E-state index in [2.05, 4.69) is 24.5 Å². The van der Waals surface area contributed by atoms with Gasteiger partial charge in [0.25, 0.3) is 0 Å². The predicted molar refractivity (Wildman–Crippen MR) is 136 cm³/mol. The first-order valence-corrected chi connectivity index (χ1v) is 11.8. The number of anilines is 2. The highest BCUT2D eigenvalue weighted by molar-refractivity contribution is 6.00. The molecule has 2 rings (SSSR count). The fraction of sp³-hybridized carbons (Fsp3) is 0.357. The molecule has 2 N–H and O–H groups in total. The van der Waals surface area contributed by atoms with E-state index in [1.54, 1.807) is 12.2 Å². The highest BCUT2D eigenvalue weighted by atomic mass is 16.2. The van der Waals surface area contributed by atoms with Crippen LogP contribution in [-0.4, -0.2) is 11.8 Å². The first kappa shape index (κ1) is 25.1. The highest BCUT2D eigenvalue weighted by Crippen LogP contribution is 2.23. The summed E-state index contributed by atoms with van der Waals surface area (Å²) >= 11 is 0. The monoisotopic (exact) mass is 432 g/mol. The van der Waals surface area contributed by atoms with Crippen LogP contribution in [0.1, 0.15) is 65.2 Å². The number of carbonyl (C=O) groups excluding carboxylic acids is 2. The molecule has 0 aliphatic rings. The van der Waals surface area contributed by atoms with E-state index in [0.717, 1.165) is 48.2 Å². The van der Waals surface area contributed by atoms with Crippen LogP contribution in [0.4, 0.5) is 11.4 Å². The molecule has 0 aliphatic heterocycles. The number of hydrogen-bond acceptors (Lipinski definition) is 2. The zero-order valence-electron chi connectivity index (χ0n) is 19.4. The minimum atomic E-state index is -0.103. The maximum Gasteiger partial charge on any atom is 0.248 e. The van der Waals surface area contributed by atoms with Gasteiger partial charge in [0.05, 0.1) is 0 Å². The minimum absolute atomic E-state index is 0.103. The summed E-state index contributed by atoms with van der Waals surface area (Å²) in [5.41, 5.74) is 3.64. The second kappa shape index (κ2) is 14.8. The molecule has 0 atom stereocenters. The summed E-state index contributed by atoms with van der Waals surface area (Å²) in [7, 11) is 0. The molecule has 0 aromatic heterocycles. The van der Waals surface area contributed by atoms with E-state index < -0.39 is 0 Å². The molecule has 2 amide bonds. The average molecular weight is 433 g/mol. The Morgan fingerprint density at radius 2 is 1.00 bits per heavy atom. The summed E-state index contributed by atoms with van der Waals surface area (Å²) in [6.45, 7) is 4.34. The molecule has 4 heteroatoms. The quantitative estimate of drug-likeness (QED) is 0.254. The molecule has 0 spiro atoms. The molecular weight excluding hydrogens is 396 g/mol. The standard InChI is InChI=1S/C28H36N2O2/c1-3-5-7-9-11-13-27(31)29-25-19-15-23(16-20-25)24-17-21-26(22-18-24)30-28(32)14-12-10-8-6-4-2/h11-22H,3-10H2,1-2H3,(H,29,31)(H,30,32). The molecule has 0 bridgehead atoms. The van der Waals surface area contributed by atoms with Crippen molar-refractivity contribution in [3.63, 3.8) is 0 Å². The molecule has 0 aliphatic carbocycles. The van der Waals surface area contributed by atoms with Crippen LogP contribution in [-0.2, 0) is 9.59 Å². The third kappa shape index (κ3) is 9.78. The first-order valence-electron chi connectivity index (χ1n) is 11.8. The maximum atomic E-state index is 12.0. The maximum absolute atomic E-state index is 12.0. The van der Waals surface area contributed by atoms with Crippen LogP contribution in [0.2, 0.25) is 0 Å². The van der Waals surface area contributed by atoms with Crippen molar-refractivity contribution in [2.45, 2.75) is 65.2 Å². The van der Waals surface area contributed by atoms with Crippen molar-refractivity contribution < 1.29 is 9.59 Å². The third-order valence-corrected chi connectivity index (χ3v) is 5.13. The Hall–Kier alpha value is -3.14. The number of amides is 2. The summed E-state index contributed by atoms with van der Waals surface area (Å²) in [5.74, 6) is -0.206. The molecule has 0 saturated heterocycles. The Labute approximate surface area is 192 Å². The van der Waals surface area contributed by atoms with Gasteiger partial charge in [0.1, 0.15) is 0 Å². The second-order valence-corrected chi connectivity index (χ2v) is 7.93. The fourth-order valence-corrected chi connectivity index (χ4v) is 3.26. The summed E-state index contributed by atoms with van der Waals surface area (Å²) in [6, 6.07) is 15.5. The zero-order chi connectivity index (χ0) is 23.0. The smallest absolute Gasteiger partial charge is 0.248 e. The number of benzene rings is 2. The van der Waals surface area contributed by atoms with Crippen LogP contribution >= 0.6 is 0 Å². The van der Waals surface area contributed by atoms with Gasteiger partial charge in [-0.2, -0.15) is 0 Å². The molecule has 0 fully saturated rings. The zero-order valence-corrected chi connectivity index (χ0v) is 19.4. The topological polar surface area (TPSA) is 58.2 Å². The van der Waals surface area contributed by atoms with Crippen molar-refractivity contribution >= 4 is 23.2 Å². The number of allylic oxidation sites excluding steroid dienone is 2. The Kier molecular flexibility index (Phi) is 11.6. The van der Waals surface area contributed by atoms with Gasteiger partial charge in [-0.3, -0.25) is 9.59 Å². The molecule has 2 aromatic rings. The summed E-state index contributed by atoms with van der Waals surface area (Å²) in [5, 5.41) is 5.78. The summed E-state index contributed by atoms with van der Waals surface area (Å²) in [4.78, 5) is 24.0. The lowest BCUT2D eigenvalue weighted by Gasteiger charge is -2.07. The van der Waals surface area contributed by atoms with E-state index >= 15 is 0 Å². The van der Waals surface area contributed by atoms with E-state index in [0.29, 0.717) is 0 Å². The van der Waals surface area contributed by atoms with Crippen LogP contribution in [0.3, 0.4) is 0 Å². The Morgan fingerprint density at radius 3 is 1.34 bits per heavy atom. The van der Waals surface area contributed by atoms with Gasteiger partial charge in [0.15, 0.2) is 0 Å². The SMILES string of the molecule is CCCCCC=CC(=O)Nc1ccc(-c2ccc(NC(=O)C=CCCCCC)cc2)cc1. The summed E-state index contributed by atoms with van der Waals surface area (Å²) in [6.07, 6.45) is 15.9. The van der Waals surface area contributed by atoms with Gasteiger partial charge in [-0.15, -0.1) is 0 Å². The van der Waals surface area contributed by atoms with E-state index in [-0.39, 0.29) is 11.8 Å². The van der Waals surface area contributed by atoms with Gasteiger partial charge in [-0.25, -0.2) is 0 Å². The van der Waals surface area contributed by atoms with E-state index in [1.807, 2.05) is 60.7 Å². The van der Waals surface area contributed by atoms with Gasteiger partial charge < -0.3 is 10.6 Å². The number of carbonyl (C=O) groups is 2. The number of unbranched alkanes of at least 4 members (excludes halogenated alkanes) is 6. The average Bonchev–Trinajstić information content (AvgIpc) is 2.80. The normalized spacial score (nSPS) is 11.2. The minimum Gasteiger partial charge on any atom is -0.323 e. The van der Waals surface area contributed by atoms with Crippen molar-refractivity contribution in [2.75, 3.05) is 10.6 Å². The molecule has 32 heavy (non-hydrogen) atoms. The van der Waals surface area contributed by atoms with Crippen LogP contribution < -0.4 is 10.6 Å². The largest absolute Gasteiger partial charge is 0.323 e. The molecule has 4 nitrogen and oxygen atoms in total. The van der Waals surface area contributed by atoms with Gasteiger partial charge in [0.2, 0.25) is 11.8 Å². The molecule has 2 aromatic carbocycles. The van der Waals surface area contributed by atoms with Gasteiger partial charge in [0, 0.05) is 11.4 Å². The van der Waals surface area contributed by atoms with Crippen LogP contribution in [0, 0.1) is 0 Å². The van der Waals surface area contributed by atoms with E-state index in [4.69, 9.17) is 0 Å². The Balaban J connectivity index is 1.84. The lowest BCUT2D eigenvalue weighted by atomic mass is 10.0. The van der Waals surface area contributed by atoms with Crippen LogP contribution in [0.25, 0.3) is 11.1 Å². The van der Waals surface area contributed by atoms with Gasteiger partial charge >= 0.3 is 0 Å².